The second kappa shape index (κ2) is 6.43. The van der Waals surface area contributed by atoms with Crippen LogP contribution in [0.2, 0.25) is 5.02 Å². The molecule has 0 aliphatic heterocycles. The molecule has 0 radical (unpaired) electrons. The predicted octanol–water partition coefficient (Wildman–Crippen LogP) is 6.36. The lowest BCUT2D eigenvalue weighted by atomic mass is 9.95. The molecule has 0 spiro atoms. The van der Waals surface area contributed by atoms with Crippen molar-refractivity contribution in [2.75, 3.05) is 0 Å². The first-order valence-electron chi connectivity index (χ1n) is 6.98. The Labute approximate surface area is 124 Å². The molecule has 100 valence electrons. The third-order valence-electron chi connectivity index (χ3n) is 4.19. The van der Waals surface area contributed by atoms with Crippen LogP contribution in [0, 0.1) is 19.8 Å². The van der Waals surface area contributed by atoms with Gasteiger partial charge in [-0.1, -0.05) is 59.3 Å². The van der Waals surface area contributed by atoms with Gasteiger partial charge in [-0.3, -0.25) is 0 Å². The summed E-state index contributed by atoms with van der Waals surface area (Å²) in [5.74, 6) is 0.971. The lowest BCUT2D eigenvalue weighted by Gasteiger charge is -2.17. The summed E-state index contributed by atoms with van der Waals surface area (Å²) in [6.07, 6.45) is 8.37. The third kappa shape index (κ3) is 3.51. The van der Waals surface area contributed by atoms with E-state index in [1.165, 1.54) is 55.2 Å². The number of hydrogen-bond acceptors (Lipinski definition) is 0. The maximum atomic E-state index is 6.16. The quantitative estimate of drug-likeness (QED) is 0.563. The van der Waals surface area contributed by atoms with Crippen molar-refractivity contribution in [3.05, 3.63) is 33.8 Å². The summed E-state index contributed by atoms with van der Waals surface area (Å²) in [6.45, 7) is 4.24. The minimum atomic E-state index is 0.481. The molecule has 1 aromatic rings. The lowest BCUT2D eigenvalue weighted by molar-refractivity contribution is 0.482. The number of rotatable bonds is 4. The van der Waals surface area contributed by atoms with Crippen molar-refractivity contribution in [3.8, 4) is 0 Å². The highest BCUT2D eigenvalue weighted by Crippen LogP contribution is 2.37. The van der Waals surface area contributed by atoms with E-state index in [1.54, 1.807) is 0 Å². The van der Waals surface area contributed by atoms with Crippen LogP contribution in [0.3, 0.4) is 0 Å². The van der Waals surface area contributed by atoms with E-state index in [0.717, 1.165) is 10.9 Å². The van der Waals surface area contributed by atoms with Crippen LogP contribution in [-0.4, -0.2) is 0 Å². The molecule has 1 atom stereocenters. The molecule has 0 N–H and O–H groups in total. The van der Waals surface area contributed by atoms with Gasteiger partial charge in [-0.2, -0.15) is 0 Å². The molecule has 0 nitrogen and oxygen atoms in total. The fourth-order valence-electron chi connectivity index (χ4n) is 2.98. The van der Waals surface area contributed by atoms with E-state index in [0.29, 0.717) is 4.83 Å². The molecular weight excluding hydrogens is 308 g/mol. The molecule has 1 aromatic carbocycles. The molecule has 1 fully saturated rings. The van der Waals surface area contributed by atoms with Crippen molar-refractivity contribution in [1.29, 1.82) is 0 Å². The molecule has 1 aliphatic carbocycles. The molecule has 0 heterocycles. The van der Waals surface area contributed by atoms with Crippen LogP contribution in [0.25, 0.3) is 0 Å². The zero-order valence-electron chi connectivity index (χ0n) is 11.3. The van der Waals surface area contributed by atoms with Crippen LogP contribution in [0.15, 0.2) is 12.1 Å². The zero-order valence-corrected chi connectivity index (χ0v) is 13.6. The van der Waals surface area contributed by atoms with Gasteiger partial charge >= 0.3 is 0 Å². The van der Waals surface area contributed by atoms with Crippen LogP contribution in [0.1, 0.15) is 60.0 Å². The van der Waals surface area contributed by atoms with Gasteiger partial charge in [0.2, 0.25) is 0 Å². The summed E-state index contributed by atoms with van der Waals surface area (Å²) in [7, 11) is 0. The Balaban J connectivity index is 1.99. The number of hydrogen-bond donors (Lipinski definition) is 0. The van der Waals surface area contributed by atoms with Gasteiger partial charge in [0.15, 0.2) is 0 Å². The van der Waals surface area contributed by atoms with Crippen molar-refractivity contribution in [3.63, 3.8) is 0 Å². The summed E-state index contributed by atoms with van der Waals surface area (Å²) in [5.41, 5.74) is 3.90. The highest BCUT2D eigenvalue weighted by Gasteiger charge is 2.18. The largest absolute Gasteiger partial charge is 0.0840 e. The molecule has 2 heteroatoms. The predicted molar refractivity (Wildman–Crippen MR) is 83.8 cm³/mol. The first kappa shape index (κ1) is 14.4. The Morgan fingerprint density at radius 2 is 1.89 bits per heavy atom. The summed E-state index contributed by atoms with van der Waals surface area (Å²) in [5, 5.41) is 0.881. The molecule has 2 rings (SSSR count). The second-order valence-corrected chi connectivity index (χ2v) is 7.17. The van der Waals surface area contributed by atoms with E-state index in [4.69, 9.17) is 11.6 Å². The van der Waals surface area contributed by atoms with Gasteiger partial charge in [0.25, 0.3) is 0 Å². The van der Waals surface area contributed by atoms with Crippen LogP contribution in [0.4, 0.5) is 0 Å². The summed E-state index contributed by atoms with van der Waals surface area (Å²) < 4.78 is 0. The molecule has 18 heavy (non-hydrogen) atoms. The molecule has 0 bridgehead atoms. The summed E-state index contributed by atoms with van der Waals surface area (Å²) in [4.78, 5) is 0.481. The molecule has 1 saturated carbocycles. The first-order valence-corrected chi connectivity index (χ1v) is 8.28. The van der Waals surface area contributed by atoms with Crippen molar-refractivity contribution in [1.82, 2.24) is 0 Å². The number of alkyl halides is 1. The fourth-order valence-corrected chi connectivity index (χ4v) is 3.95. The maximum absolute atomic E-state index is 6.16. The average molecular weight is 330 g/mol. The number of benzene rings is 1. The van der Waals surface area contributed by atoms with Gasteiger partial charge in [0.05, 0.1) is 0 Å². The Morgan fingerprint density at radius 1 is 1.22 bits per heavy atom. The maximum Gasteiger partial charge on any atom is 0.0438 e. The van der Waals surface area contributed by atoms with Gasteiger partial charge < -0.3 is 0 Å². The van der Waals surface area contributed by atoms with Gasteiger partial charge in [0.1, 0.15) is 0 Å². The normalized spacial score (nSPS) is 18.2. The van der Waals surface area contributed by atoms with E-state index in [-0.39, 0.29) is 0 Å². The monoisotopic (exact) mass is 328 g/mol. The Morgan fingerprint density at radius 3 is 2.56 bits per heavy atom. The molecule has 1 aliphatic rings. The van der Waals surface area contributed by atoms with Crippen molar-refractivity contribution >= 4 is 27.5 Å². The van der Waals surface area contributed by atoms with E-state index < -0.39 is 0 Å². The van der Waals surface area contributed by atoms with E-state index in [9.17, 15) is 0 Å². The van der Waals surface area contributed by atoms with Gasteiger partial charge in [0, 0.05) is 9.85 Å². The van der Waals surface area contributed by atoms with Gasteiger partial charge in [-0.15, -0.1) is 0 Å². The first-order chi connectivity index (χ1) is 8.58. The SMILES string of the molecule is Cc1cc(C(Br)CCC2CCCC2)c(C)cc1Cl. The van der Waals surface area contributed by atoms with Gasteiger partial charge in [-0.25, -0.2) is 0 Å². The Kier molecular flexibility index (Phi) is 5.14. The standard InChI is InChI=1S/C16H22BrCl/c1-11-10-16(18)12(2)9-14(11)15(17)8-7-13-5-3-4-6-13/h9-10,13,15H,3-8H2,1-2H3. The number of halogens is 2. The number of aryl methyl sites for hydroxylation is 2. The molecule has 0 amide bonds. The van der Waals surface area contributed by atoms with E-state index in [1.807, 2.05) is 0 Å². The Hall–Kier alpha value is -0.0100. The zero-order chi connectivity index (χ0) is 13.1. The van der Waals surface area contributed by atoms with E-state index in [2.05, 4.69) is 41.9 Å². The highest BCUT2D eigenvalue weighted by atomic mass is 79.9. The van der Waals surface area contributed by atoms with Gasteiger partial charge in [-0.05, 0) is 55.4 Å². The van der Waals surface area contributed by atoms with Crippen LogP contribution in [0.5, 0.6) is 0 Å². The van der Waals surface area contributed by atoms with Crippen molar-refractivity contribution in [2.45, 2.75) is 57.2 Å². The van der Waals surface area contributed by atoms with Crippen LogP contribution < -0.4 is 0 Å². The summed E-state index contributed by atoms with van der Waals surface area (Å²) >= 11 is 10.0. The molecule has 0 aromatic heterocycles. The van der Waals surface area contributed by atoms with E-state index >= 15 is 0 Å². The van der Waals surface area contributed by atoms with Crippen LogP contribution in [-0.2, 0) is 0 Å². The fraction of sp³-hybridized carbons (Fsp3) is 0.625. The minimum Gasteiger partial charge on any atom is -0.0840 e. The van der Waals surface area contributed by atoms with Crippen LogP contribution >= 0.6 is 27.5 Å². The third-order valence-corrected chi connectivity index (χ3v) is 5.55. The topological polar surface area (TPSA) is 0 Å². The van der Waals surface area contributed by atoms with Crippen molar-refractivity contribution in [2.24, 2.45) is 5.92 Å². The van der Waals surface area contributed by atoms with Crippen molar-refractivity contribution < 1.29 is 0 Å². The minimum absolute atomic E-state index is 0.481. The highest BCUT2D eigenvalue weighted by molar-refractivity contribution is 9.09. The molecule has 1 unspecified atom stereocenters. The molecular formula is C16H22BrCl. The smallest absolute Gasteiger partial charge is 0.0438 e. The molecule has 0 saturated heterocycles. The Bertz CT molecular complexity index is 408. The second-order valence-electron chi connectivity index (χ2n) is 5.65. The summed E-state index contributed by atoms with van der Waals surface area (Å²) in [6, 6.07) is 4.34. The lowest BCUT2D eigenvalue weighted by Crippen LogP contribution is -1.99. The average Bonchev–Trinajstić information content (AvgIpc) is 2.84.